The Kier molecular flexibility index (Phi) is 4.59. The molecule has 7 heteroatoms. The summed E-state index contributed by atoms with van der Waals surface area (Å²) in [5.74, 6) is -0.0725. The number of aromatic nitrogens is 1. The SMILES string of the molecule is Cc1cc(NC(=O)C2CCCN(C(=O)c3ccc(F)cc3)C2)no1. The third-order valence-electron chi connectivity index (χ3n) is 4.05. The van der Waals surface area contributed by atoms with Gasteiger partial charge in [0.25, 0.3) is 5.91 Å². The van der Waals surface area contributed by atoms with Crippen LogP contribution in [0.15, 0.2) is 34.9 Å². The van der Waals surface area contributed by atoms with Crippen molar-refractivity contribution in [2.45, 2.75) is 19.8 Å². The van der Waals surface area contributed by atoms with Crippen LogP contribution in [0.2, 0.25) is 0 Å². The molecule has 2 aromatic rings. The van der Waals surface area contributed by atoms with Crippen LogP contribution in [-0.2, 0) is 4.79 Å². The molecule has 1 saturated heterocycles. The van der Waals surface area contributed by atoms with E-state index in [-0.39, 0.29) is 23.5 Å². The van der Waals surface area contributed by atoms with Crippen molar-refractivity contribution in [2.24, 2.45) is 5.92 Å². The van der Waals surface area contributed by atoms with Crippen LogP contribution < -0.4 is 5.32 Å². The predicted molar refractivity (Wildman–Crippen MR) is 84.9 cm³/mol. The standard InChI is InChI=1S/C17H18FN3O3/c1-11-9-15(20-24-11)19-16(22)13-3-2-8-21(10-13)17(23)12-4-6-14(18)7-5-12/h4-7,9,13H,2-3,8,10H2,1H3,(H,19,20,22). The molecule has 2 heterocycles. The van der Waals surface area contributed by atoms with Crippen LogP contribution in [0.1, 0.15) is 29.0 Å². The number of hydrogen-bond donors (Lipinski definition) is 1. The van der Waals surface area contributed by atoms with Gasteiger partial charge in [0.2, 0.25) is 5.91 Å². The number of carbonyl (C=O) groups excluding carboxylic acids is 2. The zero-order valence-corrected chi connectivity index (χ0v) is 13.3. The van der Waals surface area contributed by atoms with E-state index >= 15 is 0 Å². The van der Waals surface area contributed by atoms with Crippen LogP contribution >= 0.6 is 0 Å². The summed E-state index contributed by atoms with van der Waals surface area (Å²) in [7, 11) is 0. The van der Waals surface area contributed by atoms with E-state index in [1.54, 1.807) is 17.9 Å². The van der Waals surface area contributed by atoms with E-state index < -0.39 is 0 Å². The minimum absolute atomic E-state index is 0.181. The van der Waals surface area contributed by atoms with Crippen molar-refractivity contribution in [3.8, 4) is 0 Å². The molecule has 0 radical (unpaired) electrons. The van der Waals surface area contributed by atoms with E-state index in [9.17, 15) is 14.0 Å². The molecule has 1 aromatic carbocycles. The Morgan fingerprint density at radius 3 is 2.75 bits per heavy atom. The first-order valence-corrected chi connectivity index (χ1v) is 7.82. The first-order valence-electron chi connectivity index (χ1n) is 7.82. The van der Waals surface area contributed by atoms with E-state index in [2.05, 4.69) is 10.5 Å². The van der Waals surface area contributed by atoms with Gasteiger partial charge in [0, 0.05) is 24.7 Å². The number of hydrogen-bond acceptors (Lipinski definition) is 4. The van der Waals surface area contributed by atoms with Gasteiger partial charge in [-0.3, -0.25) is 9.59 Å². The second kappa shape index (κ2) is 6.82. The van der Waals surface area contributed by atoms with Gasteiger partial charge in [-0.1, -0.05) is 5.16 Å². The van der Waals surface area contributed by atoms with Gasteiger partial charge < -0.3 is 14.7 Å². The van der Waals surface area contributed by atoms with Gasteiger partial charge in [0.15, 0.2) is 5.82 Å². The molecule has 2 amide bonds. The van der Waals surface area contributed by atoms with Crippen molar-refractivity contribution in [3.05, 3.63) is 47.5 Å². The molecule has 1 aliphatic rings. The fraction of sp³-hybridized carbons (Fsp3) is 0.353. The van der Waals surface area contributed by atoms with Crippen LogP contribution in [-0.4, -0.2) is 35.0 Å². The molecule has 0 bridgehead atoms. The van der Waals surface area contributed by atoms with Gasteiger partial charge in [-0.25, -0.2) is 4.39 Å². The van der Waals surface area contributed by atoms with Gasteiger partial charge in [-0.15, -0.1) is 0 Å². The first kappa shape index (κ1) is 16.2. The highest BCUT2D eigenvalue weighted by molar-refractivity contribution is 5.96. The largest absolute Gasteiger partial charge is 0.360 e. The molecule has 0 saturated carbocycles. The minimum Gasteiger partial charge on any atom is -0.360 e. The Morgan fingerprint density at radius 1 is 1.33 bits per heavy atom. The average Bonchev–Trinajstić information content (AvgIpc) is 3.00. The molecule has 1 unspecified atom stereocenters. The number of rotatable bonds is 3. The third-order valence-corrected chi connectivity index (χ3v) is 4.05. The number of benzene rings is 1. The molecule has 1 aliphatic heterocycles. The Balaban J connectivity index is 1.64. The van der Waals surface area contributed by atoms with E-state index in [4.69, 9.17) is 4.52 Å². The Labute approximate surface area is 138 Å². The highest BCUT2D eigenvalue weighted by Crippen LogP contribution is 2.20. The number of amides is 2. The third kappa shape index (κ3) is 3.61. The second-order valence-corrected chi connectivity index (χ2v) is 5.91. The maximum absolute atomic E-state index is 13.0. The topological polar surface area (TPSA) is 75.4 Å². The number of piperidine rings is 1. The number of likely N-dealkylation sites (tertiary alicyclic amines) is 1. The average molecular weight is 331 g/mol. The van der Waals surface area contributed by atoms with E-state index in [1.165, 1.54) is 24.3 Å². The van der Waals surface area contributed by atoms with Crippen molar-refractivity contribution < 1.29 is 18.5 Å². The lowest BCUT2D eigenvalue weighted by molar-refractivity contribution is -0.121. The van der Waals surface area contributed by atoms with Crippen molar-refractivity contribution in [3.63, 3.8) is 0 Å². The molecule has 0 spiro atoms. The number of carbonyl (C=O) groups is 2. The predicted octanol–water partition coefficient (Wildman–Crippen LogP) is 2.61. The highest BCUT2D eigenvalue weighted by Gasteiger charge is 2.29. The Morgan fingerprint density at radius 2 is 2.08 bits per heavy atom. The maximum Gasteiger partial charge on any atom is 0.253 e. The monoisotopic (exact) mass is 331 g/mol. The summed E-state index contributed by atoms with van der Waals surface area (Å²) < 4.78 is 17.9. The lowest BCUT2D eigenvalue weighted by Gasteiger charge is -2.32. The number of halogens is 1. The molecule has 1 fully saturated rings. The van der Waals surface area contributed by atoms with Crippen LogP contribution in [0, 0.1) is 18.7 Å². The van der Waals surface area contributed by atoms with Crippen LogP contribution in [0.4, 0.5) is 10.2 Å². The van der Waals surface area contributed by atoms with Crippen molar-refractivity contribution in [1.29, 1.82) is 0 Å². The summed E-state index contributed by atoms with van der Waals surface area (Å²) in [6.45, 7) is 2.66. The van der Waals surface area contributed by atoms with Crippen molar-refractivity contribution >= 4 is 17.6 Å². The van der Waals surface area contributed by atoms with Gasteiger partial charge in [-0.05, 0) is 44.0 Å². The lowest BCUT2D eigenvalue weighted by atomic mass is 9.96. The summed E-state index contributed by atoms with van der Waals surface area (Å²) in [5.41, 5.74) is 0.421. The quantitative estimate of drug-likeness (QED) is 0.938. The van der Waals surface area contributed by atoms with Gasteiger partial charge in [0.05, 0.1) is 5.92 Å². The molecule has 24 heavy (non-hydrogen) atoms. The zero-order valence-electron chi connectivity index (χ0n) is 13.3. The second-order valence-electron chi connectivity index (χ2n) is 5.91. The van der Waals surface area contributed by atoms with Gasteiger partial charge >= 0.3 is 0 Å². The maximum atomic E-state index is 13.0. The fourth-order valence-electron chi connectivity index (χ4n) is 2.80. The van der Waals surface area contributed by atoms with Gasteiger partial charge in [0.1, 0.15) is 11.6 Å². The number of aryl methyl sites for hydroxylation is 1. The number of nitrogens with one attached hydrogen (secondary N) is 1. The molecule has 3 rings (SSSR count). The number of nitrogens with zero attached hydrogens (tertiary/aromatic N) is 2. The van der Waals surface area contributed by atoms with Crippen molar-refractivity contribution in [1.82, 2.24) is 10.1 Å². The molecule has 1 N–H and O–H groups in total. The summed E-state index contributed by atoms with van der Waals surface area (Å²) in [5, 5.41) is 6.45. The minimum atomic E-state index is -0.384. The van der Waals surface area contributed by atoms with E-state index in [0.717, 1.165) is 6.42 Å². The van der Waals surface area contributed by atoms with Crippen LogP contribution in [0.5, 0.6) is 0 Å². The van der Waals surface area contributed by atoms with E-state index in [1.807, 2.05) is 0 Å². The zero-order chi connectivity index (χ0) is 17.1. The molecule has 1 aromatic heterocycles. The molecular weight excluding hydrogens is 313 g/mol. The molecule has 6 nitrogen and oxygen atoms in total. The Hall–Kier alpha value is -2.70. The Bertz CT molecular complexity index is 742. The summed E-state index contributed by atoms with van der Waals surface area (Å²) in [6, 6.07) is 7.07. The van der Waals surface area contributed by atoms with Crippen molar-refractivity contribution in [2.75, 3.05) is 18.4 Å². The van der Waals surface area contributed by atoms with Gasteiger partial charge in [-0.2, -0.15) is 0 Å². The first-order chi connectivity index (χ1) is 11.5. The fourth-order valence-corrected chi connectivity index (χ4v) is 2.80. The molecule has 1 atom stereocenters. The number of anilines is 1. The summed E-state index contributed by atoms with van der Waals surface area (Å²) in [4.78, 5) is 26.5. The summed E-state index contributed by atoms with van der Waals surface area (Å²) in [6.07, 6.45) is 1.44. The highest BCUT2D eigenvalue weighted by atomic mass is 19.1. The van der Waals surface area contributed by atoms with E-state index in [0.29, 0.717) is 36.7 Å². The summed E-state index contributed by atoms with van der Waals surface area (Å²) >= 11 is 0. The van der Waals surface area contributed by atoms with Crippen LogP contribution in [0.3, 0.4) is 0 Å². The molecule has 126 valence electrons. The molecular formula is C17H18FN3O3. The van der Waals surface area contributed by atoms with Crippen LogP contribution in [0.25, 0.3) is 0 Å². The molecule has 0 aliphatic carbocycles. The lowest BCUT2D eigenvalue weighted by Crippen LogP contribution is -2.43. The normalized spacial score (nSPS) is 17.6. The smallest absolute Gasteiger partial charge is 0.253 e.